The van der Waals surface area contributed by atoms with Gasteiger partial charge >= 0.3 is 0 Å². The van der Waals surface area contributed by atoms with Crippen molar-refractivity contribution in [2.24, 2.45) is 0 Å². The van der Waals surface area contributed by atoms with E-state index in [2.05, 4.69) is 240 Å². The average molecular weight is 795 g/mol. The minimum Gasteiger partial charge on any atom is -0.311 e. The van der Waals surface area contributed by atoms with Crippen LogP contribution >= 0.6 is 11.3 Å². The average Bonchev–Trinajstić information content (AvgIpc) is 3.88. The number of benzene rings is 10. The van der Waals surface area contributed by atoms with Crippen LogP contribution in [0.3, 0.4) is 0 Å². The Morgan fingerprint density at radius 3 is 1.64 bits per heavy atom. The number of para-hydroxylation sites is 3. The lowest BCUT2D eigenvalue weighted by atomic mass is 9.93. The van der Waals surface area contributed by atoms with Crippen LogP contribution in [0.25, 0.3) is 91.8 Å². The van der Waals surface area contributed by atoms with Crippen LogP contribution in [0.1, 0.15) is 0 Å². The largest absolute Gasteiger partial charge is 0.311 e. The van der Waals surface area contributed by atoms with E-state index in [-0.39, 0.29) is 0 Å². The molecule has 0 radical (unpaired) electrons. The van der Waals surface area contributed by atoms with Gasteiger partial charge in [-0.05, 0) is 117 Å². The molecule has 12 rings (SSSR count). The molecule has 2 heterocycles. The highest BCUT2D eigenvalue weighted by Crippen LogP contribution is 2.49. The highest BCUT2D eigenvalue weighted by Gasteiger charge is 2.23. The van der Waals surface area contributed by atoms with Crippen LogP contribution in [-0.2, 0) is 0 Å². The molecule has 10 aromatic carbocycles. The van der Waals surface area contributed by atoms with Gasteiger partial charge in [-0.1, -0.05) is 152 Å². The Balaban J connectivity index is 1.11. The zero-order valence-corrected chi connectivity index (χ0v) is 34.1. The SMILES string of the molecule is c1ccc(-c2ccc3c(c2)c2c4sc5ccc(-c6ccc(N(c7ccccc7)c7ccccc7)cc6)cc5c4cc(-c4cccc5ccccc45)c2n3-c2ccccc2)cc1. The normalized spacial score (nSPS) is 11.6. The van der Waals surface area contributed by atoms with Crippen LogP contribution in [0, 0.1) is 0 Å². The molecular formula is C58H38N2S. The van der Waals surface area contributed by atoms with Gasteiger partial charge in [0.2, 0.25) is 0 Å². The van der Waals surface area contributed by atoms with E-state index >= 15 is 0 Å². The fourth-order valence-electron chi connectivity index (χ4n) is 9.34. The summed E-state index contributed by atoms with van der Waals surface area (Å²) < 4.78 is 5.10. The maximum Gasteiger partial charge on any atom is 0.0634 e. The highest BCUT2D eigenvalue weighted by atomic mass is 32.1. The summed E-state index contributed by atoms with van der Waals surface area (Å²) in [5, 5.41) is 7.61. The number of nitrogens with zero attached hydrogens (tertiary/aromatic N) is 2. The van der Waals surface area contributed by atoms with Crippen molar-refractivity contribution in [3.63, 3.8) is 0 Å². The Morgan fingerprint density at radius 2 is 0.918 bits per heavy atom. The second-order valence-corrected chi connectivity index (χ2v) is 16.7. The number of aromatic nitrogens is 1. The van der Waals surface area contributed by atoms with Crippen LogP contribution in [-0.4, -0.2) is 4.57 Å². The molecule has 0 unspecified atom stereocenters. The fourth-order valence-corrected chi connectivity index (χ4v) is 10.6. The smallest absolute Gasteiger partial charge is 0.0634 e. The molecule has 2 aromatic heterocycles. The molecule has 0 N–H and O–H groups in total. The minimum absolute atomic E-state index is 1.12. The van der Waals surface area contributed by atoms with Crippen molar-refractivity contribution in [2.45, 2.75) is 0 Å². The van der Waals surface area contributed by atoms with E-state index in [0.29, 0.717) is 0 Å². The molecule has 12 aromatic rings. The summed E-state index contributed by atoms with van der Waals surface area (Å²) >= 11 is 1.91. The molecule has 0 saturated heterocycles. The van der Waals surface area contributed by atoms with Crippen LogP contribution in [0.15, 0.2) is 231 Å². The third-order valence-corrected chi connectivity index (χ3v) is 13.4. The molecule has 0 aliphatic carbocycles. The second kappa shape index (κ2) is 14.5. The summed E-state index contributed by atoms with van der Waals surface area (Å²) in [5.41, 5.74) is 14.3. The summed E-state index contributed by atoms with van der Waals surface area (Å²) in [4.78, 5) is 2.31. The first-order valence-corrected chi connectivity index (χ1v) is 21.7. The monoisotopic (exact) mass is 794 g/mol. The summed E-state index contributed by atoms with van der Waals surface area (Å²) in [7, 11) is 0. The number of anilines is 3. The molecule has 0 saturated carbocycles. The molecule has 0 atom stereocenters. The van der Waals surface area contributed by atoms with Crippen molar-refractivity contribution in [1.82, 2.24) is 4.57 Å². The number of thiophene rings is 1. The first kappa shape index (κ1) is 35.2. The minimum atomic E-state index is 1.12. The molecule has 0 spiro atoms. The first-order chi connectivity index (χ1) is 30.3. The predicted octanol–water partition coefficient (Wildman–Crippen LogP) is 16.8. The molecule has 0 bridgehead atoms. The number of rotatable bonds is 7. The standard InChI is InChI=1S/C58H38N2S/c1-5-16-39(17-6-1)42-30-34-54-53(37-42)56-57(60(54)46-24-11-4-12-25-46)51(49-27-15-19-41-18-13-14-26-48(41)49)38-52-50-36-43(31-35-55(50)61-58(52)56)40-28-32-47(33-29-40)59(44-20-7-2-8-21-44)45-22-9-3-10-23-45/h1-38H. The molecule has 0 aliphatic heterocycles. The summed E-state index contributed by atoms with van der Waals surface area (Å²) in [6.07, 6.45) is 0. The molecule has 0 aliphatic rings. The maximum absolute atomic E-state index is 2.50. The summed E-state index contributed by atoms with van der Waals surface area (Å²) in [5.74, 6) is 0. The van der Waals surface area contributed by atoms with E-state index in [1.54, 1.807) is 0 Å². The van der Waals surface area contributed by atoms with E-state index in [1.165, 1.54) is 86.1 Å². The van der Waals surface area contributed by atoms with Crippen molar-refractivity contribution in [2.75, 3.05) is 4.90 Å². The van der Waals surface area contributed by atoms with E-state index < -0.39 is 0 Å². The number of fused-ring (bicyclic) bond motifs is 8. The summed E-state index contributed by atoms with van der Waals surface area (Å²) in [6, 6.07) is 84.0. The van der Waals surface area contributed by atoms with Gasteiger partial charge in [-0.15, -0.1) is 11.3 Å². The molecule has 61 heavy (non-hydrogen) atoms. The van der Waals surface area contributed by atoms with Gasteiger partial charge < -0.3 is 9.47 Å². The Kier molecular flexibility index (Phi) is 8.39. The highest BCUT2D eigenvalue weighted by molar-refractivity contribution is 7.26. The van der Waals surface area contributed by atoms with Crippen molar-refractivity contribution >= 4 is 81.1 Å². The Hall–Kier alpha value is -7.72. The summed E-state index contributed by atoms with van der Waals surface area (Å²) in [6.45, 7) is 0. The van der Waals surface area contributed by atoms with Gasteiger partial charge in [-0.2, -0.15) is 0 Å². The van der Waals surface area contributed by atoms with Gasteiger partial charge in [-0.3, -0.25) is 0 Å². The Morgan fingerprint density at radius 1 is 0.361 bits per heavy atom. The zero-order chi connectivity index (χ0) is 40.3. The molecule has 2 nitrogen and oxygen atoms in total. The van der Waals surface area contributed by atoms with Crippen LogP contribution in [0.2, 0.25) is 0 Å². The van der Waals surface area contributed by atoms with Gasteiger partial charge in [0.15, 0.2) is 0 Å². The van der Waals surface area contributed by atoms with Crippen LogP contribution in [0.5, 0.6) is 0 Å². The third kappa shape index (κ3) is 5.93. The molecule has 3 heteroatoms. The third-order valence-electron chi connectivity index (χ3n) is 12.2. The van der Waals surface area contributed by atoms with Gasteiger partial charge in [0, 0.05) is 59.3 Å². The Labute approximate surface area is 358 Å². The number of hydrogen-bond donors (Lipinski definition) is 0. The van der Waals surface area contributed by atoms with Crippen molar-refractivity contribution < 1.29 is 0 Å². The maximum atomic E-state index is 2.50. The number of hydrogen-bond acceptors (Lipinski definition) is 2. The molecule has 286 valence electrons. The van der Waals surface area contributed by atoms with Crippen molar-refractivity contribution in [3.8, 4) is 39.1 Å². The second-order valence-electron chi connectivity index (χ2n) is 15.7. The quantitative estimate of drug-likeness (QED) is 0.156. The first-order valence-electron chi connectivity index (χ1n) is 20.8. The topological polar surface area (TPSA) is 8.17 Å². The van der Waals surface area contributed by atoms with Crippen molar-refractivity contribution in [3.05, 3.63) is 231 Å². The van der Waals surface area contributed by atoms with Gasteiger partial charge in [-0.25, -0.2) is 0 Å². The molecule has 0 fully saturated rings. The Bertz CT molecular complexity index is 3510. The van der Waals surface area contributed by atoms with E-state index in [4.69, 9.17) is 0 Å². The molecular weight excluding hydrogens is 757 g/mol. The lowest BCUT2D eigenvalue weighted by molar-refractivity contribution is 1.18. The van der Waals surface area contributed by atoms with Crippen LogP contribution in [0.4, 0.5) is 17.1 Å². The van der Waals surface area contributed by atoms with Gasteiger partial charge in [0.05, 0.1) is 11.0 Å². The van der Waals surface area contributed by atoms with E-state index in [9.17, 15) is 0 Å². The van der Waals surface area contributed by atoms with Gasteiger partial charge in [0.25, 0.3) is 0 Å². The lowest BCUT2D eigenvalue weighted by Gasteiger charge is -2.25. The van der Waals surface area contributed by atoms with Crippen LogP contribution < -0.4 is 4.90 Å². The zero-order valence-electron chi connectivity index (χ0n) is 33.2. The fraction of sp³-hybridized carbons (Fsp3) is 0. The molecule has 0 amide bonds. The van der Waals surface area contributed by atoms with E-state index in [1.807, 2.05) is 11.3 Å². The predicted molar refractivity (Wildman–Crippen MR) is 262 cm³/mol. The van der Waals surface area contributed by atoms with Gasteiger partial charge in [0.1, 0.15) is 0 Å². The van der Waals surface area contributed by atoms with E-state index in [0.717, 1.165) is 22.7 Å². The van der Waals surface area contributed by atoms with Crippen molar-refractivity contribution in [1.29, 1.82) is 0 Å². The lowest BCUT2D eigenvalue weighted by Crippen LogP contribution is -2.09.